The van der Waals surface area contributed by atoms with E-state index in [2.05, 4.69) is 56.7 Å². The molecule has 0 radical (unpaired) electrons. The smallest absolute Gasteiger partial charge is 0.253 e. The zero-order valence-electron chi connectivity index (χ0n) is 19.2. The Kier molecular flexibility index (Phi) is 10.5. The maximum Gasteiger partial charge on any atom is 0.253 e. The number of amides is 1. The molecule has 3 rings (SSSR count). The van der Waals surface area contributed by atoms with Gasteiger partial charge in [-0.05, 0) is 55.5 Å². The van der Waals surface area contributed by atoms with E-state index < -0.39 is 0 Å². The van der Waals surface area contributed by atoms with Gasteiger partial charge < -0.3 is 20.1 Å². The van der Waals surface area contributed by atoms with Crippen LogP contribution in [0.15, 0.2) is 65.8 Å². The summed E-state index contributed by atoms with van der Waals surface area (Å²) >= 11 is 0. The summed E-state index contributed by atoms with van der Waals surface area (Å²) in [5.41, 5.74) is 3.11. The van der Waals surface area contributed by atoms with Gasteiger partial charge in [-0.25, -0.2) is 0 Å². The van der Waals surface area contributed by atoms with Crippen LogP contribution in [0.3, 0.4) is 0 Å². The van der Waals surface area contributed by atoms with Gasteiger partial charge in [0.2, 0.25) is 0 Å². The lowest BCUT2D eigenvalue weighted by atomic mass is 10.1. The van der Waals surface area contributed by atoms with E-state index >= 15 is 0 Å². The van der Waals surface area contributed by atoms with Gasteiger partial charge in [-0.1, -0.05) is 30.3 Å². The van der Waals surface area contributed by atoms with Crippen molar-refractivity contribution in [1.82, 2.24) is 20.1 Å². The fourth-order valence-corrected chi connectivity index (χ4v) is 3.66. The molecule has 0 unspecified atom stereocenters. The molecule has 0 spiro atoms. The molecule has 0 aliphatic rings. The molecule has 32 heavy (non-hydrogen) atoms. The number of rotatable bonds is 9. The number of benzene rings is 2. The second-order valence-electron chi connectivity index (χ2n) is 7.45. The molecule has 1 heterocycles. The molecule has 0 saturated carbocycles. The molecule has 0 atom stereocenters. The highest BCUT2D eigenvalue weighted by atomic mass is 127. The summed E-state index contributed by atoms with van der Waals surface area (Å²) in [5.74, 6) is 0.859. The molecule has 1 aromatic heterocycles. The summed E-state index contributed by atoms with van der Waals surface area (Å²) in [6.07, 6.45) is 3.15. The normalized spacial score (nSPS) is 11.2. The average molecular weight is 547 g/mol. The predicted molar refractivity (Wildman–Crippen MR) is 144 cm³/mol. The second kappa shape index (κ2) is 13.1. The molecule has 0 saturated heterocycles. The summed E-state index contributed by atoms with van der Waals surface area (Å²) in [6, 6.07) is 18.4. The van der Waals surface area contributed by atoms with Crippen molar-refractivity contribution in [3.8, 4) is 0 Å². The fourth-order valence-electron chi connectivity index (χ4n) is 3.66. The van der Waals surface area contributed by atoms with Gasteiger partial charge in [0.05, 0.1) is 0 Å². The minimum atomic E-state index is 0. The molecular weight excluding hydrogens is 513 g/mol. The van der Waals surface area contributed by atoms with Crippen LogP contribution >= 0.6 is 24.0 Å². The Labute approximate surface area is 208 Å². The standard InChI is InChI=1S/C25H33N5O.HI/c1-4-29(5-2)24(31)22-13-11-20(12-14-22)19-28-25(26-3)27-16-8-17-30-18-15-21-9-6-7-10-23(21)30;/h6-7,9-15,18H,4-5,8,16-17,19H2,1-3H3,(H2,26,27,28);1H. The predicted octanol–water partition coefficient (Wildman–Crippen LogP) is 4.50. The highest BCUT2D eigenvalue weighted by Crippen LogP contribution is 2.15. The minimum Gasteiger partial charge on any atom is -0.356 e. The summed E-state index contributed by atoms with van der Waals surface area (Å²) in [5, 5.41) is 7.99. The number of carbonyl (C=O) groups excluding carboxylic acids is 1. The van der Waals surface area contributed by atoms with Crippen LogP contribution in [0.2, 0.25) is 0 Å². The van der Waals surface area contributed by atoms with Gasteiger partial charge in [0.1, 0.15) is 0 Å². The van der Waals surface area contributed by atoms with Crippen molar-refractivity contribution in [2.24, 2.45) is 4.99 Å². The Morgan fingerprint density at radius 3 is 2.41 bits per heavy atom. The van der Waals surface area contributed by atoms with Crippen molar-refractivity contribution in [2.75, 3.05) is 26.7 Å². The molecule has 3 aromatic rings. The van der Waals surface area contributed by atoms with E-state index in [4.69, 9.17) is 0 Å². The summed E-state index contributed by atoms with van der Waals surface area (Å²) < 4.78 is 2.29. The maximum atomic E-state index is 12.4. The minimum absolute atomic E-state index is 0. The van der Waals surface area contributed by atoms with Gasteiger partial charge in [-0.15, -0.1) is 24.0 Å². The molecule has 0 aliphatic carbocycles. The van der Waals surface area contributed by atoms with Crippen LogP contribution in [0.5, 0.6) is 0 Å². The van der Waals surface area contributed by atoms with Crippen molar-refractivity contribution in [1.29, 1.82) is 0 Å². The van der Waals surface area contributed by atoms with E-state index in [0.29, 0.717) is 6.54 Å². The number of nitrogens with zero attached hydrogens (tertiary/aromatic N) is 3. The Morgan fingerprint density at radius 2 is 1.72 bits per heavy atom. The van der Waals surface area contributed by atoms with E-state index in [9.17, 15) is 4.79 Å². The molecule has 172 valence electrons. The Balaban J connectivity index is 0.00000363. The number of para-hydroxylation sites is 1. The largest absolute Gasteiger partial charge is 0.356 e. The van der Waals surface area contributed by atoms with Gasteiger partial charge in [0.25, 0.3) is 5.91 Å². The lowest BCUT2D eigenvalue weighted by molar-refractivity contribution is 0.0773. The lowest BCUT2D eigenvalue weighted by Gasteiger charge is -2.18. The molecule has 1 amide bonds. The lowest BCUT2D eigenvalue weighted by Crippen LogP contribution is -2.37. The first-order chi connectivity index (χ1) is 15.2. The van der Waals surface area contributed by atoms with Crippen LogP contribution < -0.4 is 10.6 Å². The molecule has 2 N–H and O–H groups in total. The monoisotopic (exact) mass is 547 g/mol. The number of aliphatic imine (C=N–C) groups is 1. The Bertz CT molecular complexity index is 1010. The first-order valence-corrected chi connectivity index (χ1v) is 11.0. The SMILES string of the molecule is CCN(CC)C(=O)c1ccc(CNC(=NC)NCCCn2ccc3ccccc32)cc1.I. The van der Waals surface area contributed by atoms with E-state index in [1.54, 1.807) is 7.05 Å². The number of nitrogens with one attached hydrogen (secondary N) is 2. The van der Waals surface area contributed by atoms with Gasteiger partial charge in [-0.3, -0.25) is 9.79 Å². The van der Waals surface area contributed by atoms with Crippen LogP contribution in [0.1, 0.15) is 36.2 Å². The van der Waals surface area contributed by atoms with Crippen LogP contribution in [0.25, 0.3) is 10.9 Å². The molecule has 2 aromatic carbocycles. The number of halogens is 1. The topological polar surface area (TPSA) is 61.7 Å². The van der Waals surface area contributed by atoms with Crippen LogP contribution in [0.4, 0.5) is 0 Å². The van der Waals surface area contributed by atoms with Gasteiger partial charge in [0, 0.05) is 57.0 Å². The molecule has 0 fully saturated rings. The number of hydrogen-bond acceptors (Lipinski definition) is 2. The number of aryl methyl sites for hydroxylation is 1. The third kappa shape index (κ3) is 6.72. The van der Waals surface area contributed by atoms with Gasteiger partial charge in [-0.2, -0.15) is 0 Å². The highest BCUT2D eigenvalue weighted by Gasteiger charge is 2.11. The summed E-state index contributed by atoms with van der Waals surface area (Å²) in [4.78, 5) is 18.5. The third-order valence-corrected chi connectivity index (χ3v) is 5.48. The zero-order valence-corrected chi connectivity index (χ0v) is 21.5. The Hall–Kier alpha value is -2.55. The number of carbonyl (C=O) groups is 1. The maximum absolute atomic E-state index is 12.4. The second-order valence-corrected chi connectivity index (χ2v) is 7.45. The van der Waals surface area contributed by atoms with Crippen molar-refractivity contribution in [3.63, 3.8) is 0 Å². The average Bonchev–Trinajstić information content (AvgIpc) is 3.23. The number of hydrogen-bond donors (Lipinski definition) is 2. The first kappa shape index (κ1) is 25.7. The molecule has 7 heteroatoms. The quantitative estimate of drug-likeness (QED) is 0.180. The Morgan fingerprint density at radius 1 is 1.00 bits per heavy atom. The number of aromatic nitrogens is 1. The number of guanidine groups is 1. The molecular formula is C25H34IN5O. The van der Waals surface area contributed by atoms with E-state index in [1.165, 1.54) is 10.9 Å². The molecule has 6 nitrogen and oxygen atoms in total. The highest BCUT2D eigenvalue weighted by molar-refractivity contribution is 14.0. The van der Waals surface area contributed by atoms with Crippen LogP contribution in [0, 0.1) is 0 Å². The fraction of sp³-hybridized carbons (Fsp3) is 0.360. The molecule has 0 aliphatic heterocycles. The van der Waals surface area contributed by atoms with Gasteiger partial charge in [0.15, 0.2) is 5.96 Å². The van der Waals surface area contributed by atoms with Gasteiger partial charge >= 0.3 is 0 Å². The van der Waals surface area contributed by atoms with Crippen molar-refractivity contribution in [2.45, 2.75) is 33.4 Å². The summed E-state index contributed by atoms with van der Waals surface area (Å²) in [6.45, 7) is 7.89. The van der Waals surface area contributed by atoms with Crippen molar-refractivity contribution >= 4 is 46.7 Å². The van der Waals surface area contributed by atoms with Crippen molar-refractivity contribution < 1.29 is 4.79 Å². The third-order valence-electron chi connectivity index (χ3n) is 5.48. The van der Waals surface area contributed by atoms with Crippen molar-refractivity contribution in [3.05, 3.63) is 71.9 Å². The van der Waals surface area contributed by atoms with Crippen LogP contribution in [-0.2, 0) is 13.1 Å². The van der Waals surface area contributed by atoms with Crippen LogP contribution in [-0.4, -0.2) is 48.0 Å². The zero-order chi connectivity index (χ0) is 22.1. The first-order valence-electron chi connectivity index (χ1n) is 11.0. The summed E-state index contributed by atoms with van der Waals surface area (Å²) in [7, 11) is 1.78. The number of fused-ring (bicyclic) bond motifs is 1. The van der Waals surface area contributed by atoms with E-state index in [0.717, 1.165) is 49.7 Å². The van der Waals surface area contributed by atoms with E-state index in [1.807, 2.05) is 43.0 Å². The molecule has 0 bridgehead atoms. The van der Waals surface area contributed by atoms with E-state index in [-0.39, 0.29) is 29.9 Å².